The zero-order valence-corrected chi connectivity index (χ0v) is 11.3. The second-order valence-corrected chi connectivity index (χ2v) is 5.27. The van der Waals surface area contributed by atoms with Gasteiger partial charge in [0.2, 0.25) is 5.91 Å². The minimum absolute atomic E-state index is 0.0594. The maximum Gasteiger partial charge on any atom is 0.306 e. The van der Waals surface area contributed by atoms with Gasteiger partial charge in [0.15, 0.2) is 0 Å². The molecule has 0 aromatic carbocycles. The summed E-state index contributed by atoms with van der Waals surface area (Å²) >= 11 is 0. The molecule has 100 valence electrons. The number of hydrogen-bond donors (Lipinski definition) is 2. The Bertz CT molecular complexity index is 249. The van der Waals surface area contributed by atoms with E-state index >= 15 is 0 Å². The van der Waals surface area contributed by atoms with Gasteiger partial charge in [-0.15, -0.1) is 0 Å². The average Bonchev–Trinajstić information content (AvgIpc) is 2.15. The van der Waals surface area contributed by atoms with Gasteiger partial charge in [-0.25, -0.2) is 0 Å². The van der Waals surface area contributed by atoms with Gasteiger partial charge in [-0.1, -0.05) is 20.3 Å². The highest BCUT2D eigenvalue weighted by atomic mass is 16.4. The van der Waals surface area contributed by atoms with Crippen LogP contribution >= 0.6 is 0 Å². The number of carbonyl (C=O) groups excluding carboxylic acids is 1. The van der Waals surface area contributed by atoms with E-state index in [2.05, 4.69) is 19.2 Å². The number of nitrogens with one attached hydrogen (secondary N) is 1. The lowest BCUT2D eigenvalue weighted by Gasteiger charge is -2.14. The molecule has 0 fully saturated rings. The molecule has 0 unspecified atom stereocenters. The fourth-order valence-electron chi connectivity index (χ4n) is 1.63. The number of carbonyl (C=O) groups is 2. The predicted octanol–water partition coefficient (Wildman–Crippen LogP) is 2.43. The molecular weight excluding hydrogens is 218 g/mol. The summed E-state index contributed by atoms with van der Waals surface area (Å²) in [5, 5.41) is 11.8. The third-order valence-corrected chi connectivity index (χ3v) is 2.61. The molecule has 0 aliphatic rings. The molecule has 4 nitrogen and oxygen atoms in total. The molecule has 0 saturated carbocycles. The summed E-state index contributed by atoms with van der Waals surface area (Å²) in [5.41, 5.74) is 0. The summed E-state index contributed by atoms with van der Waals surface area (Å²) < 4.78 is 0. The van der Waals surface area contributed by atoms with Gasteiger partial charge >= 0.3 is 5.97 Å². The maximum absolute atomic E-state index is 11.4. The van der Waals surface area contributed by atoms with Crippen molar-refractivity contribution < 1.29 is 14.7 Å². The van der Waals surface area contributed by atoms with Gasteiger partial charge < -0.3 is 10.4 Å². The van der Waals surface area contributed by atoms with Gasteiger partial charge in [0.1, 0.15) is 0 Å². The molecule has 0 aromatic rings. The van der Waals surface area contributed by atoms with E-state index in [1.165, 1.54) is 0 Å². The smallest absolute Gasteiger partial charge is 0.306 e. The van der Waals surface area contributed by atoms with Gasteiger partial charge in [-0.05, 0) is 32.6 Å². The minimum Gasteiger partial charge on any atom is -0.481 e. The Labute approximate surface area is 104 Å². The third kappa shape index (κ3) is 8.72. The van der Waals surface area contributed by atoms with Crippen molar-refractivity contribution >= 4 is 11.9 Å². The molecule has 0 aromatic heterocycles. The highest BCUT2D eigenvalue weighted by Crippen LogP contribution is 2.17. The molecule has 1 amide bonds. The molecule has 0 heterocycles. The number of amides is 1. The van der Waals surface area contributed by atoms with Crippen molar-refractivity contribution in [1.82, 2.24) is 5.32 Å². The standard InChI is InChI=1S/C13H25NO3/c1-9(2)5-6-11(13(16)17)7-8-12(15)14-10(3)4/h9-11H,5-8H2,1-4H3,(H,14,15)(H,16,17)/t11-/m1/s1. The van der Waals surface area contributed by atoms with Crippen molar-refractivity contribution in [2.75, 3.05) is 0 Å². The summed E-state index contributed by atoms with van der Waals surface area (Å²) in [6.45, 7) is 7.94. The summed E-state index contributed by atoms with van der Waals surface area (Å²) in [6.07, 6.45) is 2.28. The second-order valence-electron chi connectivity index (χ2n) is 5.27. The van der Waals surface area contributed by atoms with E-state index in [0.717, 1.165) is 6.42 Å². The summed E-state index contributed by atoms with van der Waals surface area (Å²) in [7, 11) is 0. The van der Waals surface area contributed by atoms with Crippen LogP contribution < -0.4 is 5.32 Å². The van der Waals surface area contributed by atoms with Crippen LogP contribution in [0.4, 0.5) is 0 Å². The molecule has 0 aliphatic heterocycles. The van der Waals surface area contributed by atoms with E-state index in [1.54, 1.807) is 0 Å². The average molecular weight is 243 g/mol. The first kappa shape index (κ1) is 15.9. The summed E-state index contributed by atoms with van der Waals surface area (Å²) in [5.74, 6) is -0.740. The highest BCUT2D eigenvalue weighted by molar-refractivity contribution is 5.77. The molecular formula is C13H25NO3. The molecule has 0 radical (unpaired) electrons. The van der Waals surface area contributed by atoms with Crippen molar-refractivity contribution in [2.24, 2.45) is 11.8 Å². The van der Waals surface area contributed by atoms with Gasteiger partial charge in [0, 0.05) is 12.5 Å². The molecule has 0 bridgehead atoms. The van der Waals surface area contributed by atoms with Gasteiger partial charge in [0.25, 0.3) is 0 Å². The fourth-order valence-corrected chi connectivity index (χ4v) is 1.63. The molecule has 0 aliphatic carbocycles. The van der Waals surface area contributed by atoms with Crippen LogP contribution in [0.3, 0.4) is 0 Å². The monoisotopic (exact) mass is 243 g/mol. The van der Waals surface area contributed by atoms with Crippen LogP contribution in [0.15, 0.2) is 0 Å². The first-order valence-corrected chi connectivity index (χ1v) is 6.35. The Balaban J connectivity index is 4.00. The zero-order chi connectivity index (χ0) is 13.4. The lowest BCUT2D eigenvalue weighted by molar-refractivity contribution is -0.142. The number of aliphatic carboxylic acids is 1. The first-order chi connectivity index (χ1) is 7.82. The largest absolute Gasteiger partial charge is 0.481 e. The number of rotatable bonds is 8. The van der Waals surface area contributed by atoms with E-state index in [0.29, 0.717) is 25.2 Å². The SMILES string of the molecule is CC(C)CC[C@H](CCC(=O)NC(C)C)C(=O)O. The van der Waals surface area contributed by atoms with Crippen molar-refractivity contribution in [1.29, 1.82) is 0 Å². The number of carboxylic acid groups (broad SMARTS) is 1. The van der Waals surface area contributed by atoms with Gasteiger partial charge in [-0.2, -0.15) is 0 Å². The zero-order valence-electron chi connectivity index (χ0n) is 11.3. The second kappa shape index (κ2) is 8.09. The number of hydrogen-bond acceptors (Lipinski definition) is 2. The molecule has 2 N–H and O–H groups in total. The first-order valence-electron chi connectivity index (χ1n) is 6.35. The molecule has 0 saturated heterocycles. The van der Waals surface area contributed by atoms with Crippen molar-refractivity contribution in [2.45, 2.75) is 59.4 Å². The van der Waals surface area contributed by atoms with E-state index in [1.807, 2.05) is 13.8 Å². The van der Waals surface area contributed by atoms with E-state index in [4.69, 9.17) is 5.11 Å². The Morgan fingerprint density at radius 2 is 1.65 bits per heavy atom. The molecule has 0 rings (SSSR count). The van der Waals surface area contributed by atoms with E-state index in [9.17, 15) is 9.59 Å². The van der Waals surface area contributed by atoms with Crippen molar-refractivity contribution in [3.8, 4) is 0 Å². The molecule has 17 heavy (non-hydrogen) atoms. The molecule has 4 heteroatoms. The third-order valence-electron chi connectivity index (χ3n) is 2.61. The van der Waals surface area contributed by atoms with Gasteiger partial charge in [-0.3, -0.25) is 9.59 Å². The van der Waals surface area contributed by atoms with Crippen molar-refractivity contribution in [3.63, 3.8) is 0 Å². The van der Waals surface area contributed by atoms with Crippen LogP contribution in [-0.4, -0.2) is 23.0 Å². The van der Waals surface area contributed by atoms with E-state index in [-0.39, 0.29) is 11.9 Å². The van der Waals surface area contributed by atoms with Crippen LogP contribution in [0.2, 0.25) is 0 Å². The molecule has 0 spiro atoms. The number of carboxylic acids is 1. The maximum atomic E-state index is 11.4. The minimum atomic E-state index is -0.789. The summed E-state index contributed by atoms with van der Waals surface area (Å²) in [4.78, 5) is 22.4. The Morgan fingerprint density at radius 3 is 2.06 bits per heavy atom. The fraction of sp³-hybridized carbons (Fsp3) is 0.846. The lowest BCUT2D eigenvalue weighted by Crippen LogP contribution is -2.30. The van der Waals surface area contributed by atoms with Gasteiger partial charge in [0.05, 0.1) is 5.92 Å². The van der Waals surface area contributed by atoms with Crippen LogP contribution in [-0.2, 0) is 9.59 Å². The molecule has 1 atom stereocenters. The normalized spacial score (nSPS) is 12.8. The highest BCUT2D eigenvalue weighted by Gasteiger charge is 2.19. The van der Waals surface area contributed by atoms with Crippen LogP contribution in [0.1, 0.15) is 53.4 Å². The van der Waals surface area contributed by atoms with E-state index < -0.39 is 11.9 Å². The summed E-state index contributed by atoms with van der Waals surface area (Å²) in [6, 6.07) is 0.112. The lowest BCUT2D eigenvalue weighted by atomic mass is 9.94. The van der Waals surface area contributed by atoms with Crippen LogP contribution in [0.5, 0.6) is 0 Å². The predicted molar refractivity (Wildman–Crippen MR) is 67.7 cm³/mol. The Hall–Kier alpha value is -1.06. The van der Waals surface area contributed by atoms with Crippen molar-refractivity contribution in [3.05, 3.63) is 0 Å². The Kier molecular flexibility index (Phi) is 7.59. The van der Waals surface area contributed by atoms with Crippen LogP contribution in [0.25, 0.3) is 0 Å². The van der Waals surface area contributed by atoms with Crippen LogP contribution in [0, 0.1) is 11.8 Å². The Morgan fingerprint density at radius 1 is 1.06 bits per heavy atom. The topological polar surface area (TPSA) is 66.4 Å². The quantitative estimate of drug-likeness (QED) is 0.688.